The first-order valence-electron chi connectivity index (χ1n) is 12.4. The lowest BCUT2D eigenvalue weighted by Gasteiger charge is -2.23. The summed E-state index contributed by atoms with van der Waals surface area (Å²) in [4.78, 5) is 27.9. The van der Waals surface area contributed by atoms with Gasteiger partial charge in [0.05, 0.1) is 11.4 Å². The van der Waals surface area contributed by atoms with Crippen molar-refractivity contribution >= 4 is 35.0 Å². The minimum atomic E-state index is -0.291. The van der Waals surface area contributed by atoms with Crippen LogP contribution in [0.1, 0.15) is 58.7 Å². The summed E-state index contributed by atoms with van der Waals surface area (Å²) >= 11 is 6.06. The molecule has 7 nitrogen and oxygen atoms in total. The number of aryl methyl sites for hydroxylation is 1. The number of rotatable bonds is 9. The van der Waals surface area contributed by atoms with Gasteiger partial charge in [0.15, 0.2) is 0 Å². The van der Waals surface area contributed by atoms with E-state index in [1.165, 1.54) is 0 Å². The number of hydrogen-bond acceptors (Lipinski definition) is 3. The highest BCUT2D eigenvalue weighted by Crippen LogP contribution is 2.27. The summed E-state index contributed by atoms with van der Waals surface area (Å²) in [7, 11) is 0. The standard InChI is InChI=1S/C28H36ClN5O2/c1-6-8-17-33(27(36)30-23-12-10-9-11-20(23)7-2)19-26(35)31-25-18-24(28(3,4)5)32-34(25)22-15-13-21(29)14-16-22/h9-16,18H,6-8,17,19H2,1-5H3,(H,30,36)(H,31,35). The molecular weight excluding hydrogens is 474 g/mol. The van der Waals surface area contributed by atoms with Gasteiger partial charge in [-0.2, -0.15) is 5.10 Å². The fraction of sp³-hybridized carbons (Fsp3) is 0.393. The Balaban J connectivity index is 1.81. The molecule has 0 fully saturated rings. The Morgan fingerprint density at radius 2 is 1.72 bits per heavy atom. The van der Waals surface area contributed by atoms with Gasteiger partial charge >= 0.3 is 6.03 Å². The van der Waals surface area contributed by atoms with Crippen molar-refractivity contribution in [3.63, 3.8) is 0 Å². The summed E-state index contributed by atoms with van der Waals surface area (Å²) in [5, 5.41) is 11.3. The van der Waals surface area contributed by atoms with Crippen molar-refractivity contribution in [2.75, 3.05) is 23.7 Å². The molecule has 2 aromatic carbocycles. The topological polar surface area (TPSA) is 79.3 Å². The third-order valence-electron chi connectivity index (χ3n) is 5.86. The number of hydrogen-bond donors (Lipinski definition) is 2. The number of carbonyl (C=O) groups is 2. The van der Waals surface area contributed by atoms with Crippen LogP contribution in [-0.4, -0.2) is 39.7 Å². The second-order valence-electron chi connectivity index (χ2n) is 9.82. The minimum absolute atomic E-state index is 0.0726. The van der Waals surface area contributed by atoms with Crippen LogP contribution in [0.3, 0.4) is 0 Å². The molecule has 0 spiro atoms. The van der Waals surface area contributed by atoms with Crippen molar-refractivity contribution in [2.45, 2.75) is 59.3 Å². The third-order valence-corrected chi connectivity index (χ3v) is 6.11. The number of amides is 3. The third kappa shape index (κ3) is 7.10. The van der Waals surface area contributed by atoms with E-state index in [1.54, 1.807) is 21.7 Å². The van der Waals surface area contributed by atoms with Crippen LogP contribution in [0.25, 0.3) is 5.69 Å². The summed E-state index contributed by atoms with van der Waals surface area (Å²) in [6.07, 6.45) is 2.51. The van der Waals surface area contributed by atoms with Crippen molar-refractivity contribution in [1.29, 1.82) is 0 Å². The molecule has 0 saturated carbocycles. The Bertz CT molecular complexity index is 1180. The van der Waals surface area contributed by atoms with Crippen LogP contribution in [0, 0.1) is 0 Å². The molecule has 0 saturated heterocycles. The Labute approximate surface area is 218 Å². The van der Waals surface area contributed by atoms with Gasteiger partial charge in [-0.15, -0.1) is 0 Å². The second kappa shape index (κ2) is 12.1. The molecule has 0 unspecified atom stereocenters. The molecule has 3 amide bonds. The maximum Gasteiger partial charge on any atom is 0.322 e. The Kier molecular flexibility index (Phi) is 9.15. The van der Waals surface area contributed by atoms with Crippen LogP contribution >= 0.6 is 11.6 Å². The minimum Gasteiger partial charge on any atom is -0.315 e. The van der Waals surface area contributed by atoms with Gasteiger partial charge in [0.2, 0.25) is 5.91 Å². The molecule has 8 heteroatoms. The highest BCUT2D eigenvalue weighted by Gasteiger charge is 2.23. The summed E-state index contributed by atoms with van der Waals surface area (Å²) in [6, 6.07) is 16.6. The van der Waals surface area contributed by atoms with E-state index >= 15 is 0 Å². The predicted octanol–water partition coefficient (Wildman–Crippen LogP) is 6.66. The lowest BCUT2D eigenvalue weighted by Crippen LogP contribution is -2.41. The zero-order valence-corrected chi connectivity index (χ0v) is 22.5. The fourth-order valence-corrected chi connectivity index (χ4v) is 3.84. The molecular formula is C28H36ClN5O2. The number of nitrogens with one attached hydrogen (secondary N) is 2. The van der Waals surface area contributed by atoms with E-state index < -0.39 is 0 Å². The normalized spacial score (nSPS) is 11.3. The average molecular weight is 510 g/mol. The summed E-state index contributed by atoms with van der Waals surface area (Å²) in [5.41, 5.74) is 3.22. The van der Waals surface area contributed by atoms with Crippen molar-refractivity contribution in [2.24, 2.45) is 0 Å². The number of nitrogens with zero attached hydrogens (tertiary/aromatic N) is 3. The van der Waals surface area contributed by atoms with Gasteiger partial charge in [-0.1, -0.05) is 70.8 Å². The maximum atomic E-state index is 13.2. The van der Waals surface area contributed by atoms with Crippen molar-refractivity contribution in [1.82, 2.24) is 14.7 Å². The summed E-state index contributed by atoms with van der Waals surface area (Å²) < 4.78 is 1.70. The largest absolute Gasteiger partial charge is 0.322 e. The quantitative estimate of drug-likeness (QED) is 0.338. The smallest absolute Gasteiger partial charge is 0.315 e. The van der Waals surface area contributed by atoms with E-state index in [9.17, 15) is 9.59 Å². The van der Waals surface area contributed by atoms with Crippen LogP contribution in [0.15, 0.2) is 54.6 Å². The first-order chi connectivity index (χ1) is 17.1. The van der Waals surface area contributed by atoms with E-state index in [0.717, 1.165) is 41.9 Å². The van der Waals surface area contributed by atoms with Gasteiger partial charge in [0, 0.05) is 28.7 Å². The van der Waals surface area contributed by atoms with Crippen LogP contribution in [0.4, 0.5) is 16.3 Å². The molecule has 1 aromatic heterocycles. The molecule has 0 bridgehead atoms. The van der Waals surface area contributed by atoms with Gasteiger partial charge in [-0.05, 0) is 48.7 Å². The Hall–Kier alpha value is -3.32. The number of benzene rings is 2. The van der Waals surface area contributed by atoms with Gasteiger partial charge in [-0.25, -0.2) is 9.48 Å². The van der Waals surface area contributed by atoms with Gasteiger partial charge < -0.3 is 15.5 Å². The van der Waals surface area contributed by atoms with Crippen LogP contribution in [0.5, 0.6) is 0 Å². The average Bonchev–Trinajstić information content (AvgIpc) is 3.26. The van der Waals surface area contributed by atoms with Crippen LogP contribution in [-0.2, 0) is 16.6 Å². The highest BCUT2D eigenvalue weighted by atomic mass is 35.5. The molecule has 0 atom stereocenters. The molecule has 0 aliphatic heterocycles. The molecule has 1 heterocycles. The number of halogens is 1. The number of aromatic nitrogens is 2. The fourth-order valence-electron chi connectivity index (χ4n) is 3.72. The molecule has 192 valence electrons. The molecule has 36 heavy (non-hydrogen) atoms. The second-order valence-corrected chi connectivity index (χ2v) is 10.3. The monoisotopic (exact) mass is 509 g/mol. The lowest BCUT2D eigenvalue weighted by molar-refractivity contribution is -0.116. The molecule has 0 radical (unpaired) electrons. The predicted molar refractivity (Wildman–Crippen MR) is 147 cm³/mol. The number of anilines is 2. The zero-order chi connectivity index (χ0) is 26.3. The van der Waals surface area contributed by atoms with Crippen molar-refractivity contribution < 1.29 is 9.59 Å². The first-order valence-corrected chi connectivity index (χ1v) is 12.8. The lowest BCUT2D eigenvalue weighted by atomic mass is 9.92. The molecule has 3 rings (SSSR count). The number of para-hydroxylation sites is 1. The van der Waals surface area contributed by atoms with Crippen LogP contribution in [0.2, 0.25) is 5.02 Å². The maximum absolute atomic E-state index is 13.2. The van der Waals surface area contributed by atoms with E-state index in [-0.39, 0.29) is 23.9 Å². The number of carbonyl (C=O) groups excluding carboxylic acids is 2. The van der Waals surface area contributed by atoms with E-state index in [2.05, 4.69) is 38.3 Å². The molecule has 2 N–H and O–H groups in total. The van der Waals surface area contributed by atoms with Crippen molar-refractivity contribution in [3.8, 4) is 5.69 Å². The number of urea groups is 1. The highest BCUT2D eigenvalue weighted by molar-refractivity contribution is 6.30. The first kappa shape index (κ1) is 27.3. The van der Waals surface area contributed by atoms with E-state index in [4.69, 9.17) is 16.7 Å². The van der Waals surface area contributed by atoms with Gasteiger partial charge in [0.1, 0.15) is 12.4 Å². The SMILES string of the molecule is CCCCN(CC(=O)Nc1cc(C(C)(C)C)nn1-c1ccc(Cl)cc1)C(=O)Nc1ccccc1CC. The van der Waals surface area contributed by atoms with Crippen LogP contribution < -0.4 is 10.6 Å². The van der Waals surface area contributed by atoms with Gasteiger partial charge in [-0.3, -0.25) is 4.79 Å². The Morgan fingerprint density at radius 3 is 2.36 bits per heavy atom. The summed E-state index contributed by atoms with van der Waals surface area (Å²) in [5.74, 6) is 0.250. The molecule has 0 aliphatic carbocycles. The Morgan fingerprint density at radius 1 is 1.03 bits per heavy atom. The van der Waals surface area contributed by atoms with Gasteiger partial charge in [0.25, 0.3) is 0 Å². The molecule has 0 aliphatic rings. The number of unbranched alkanes of at least 4 members (excludes halogenated alkanes) is 1. The van der Waals surface area contributed by atoms with Crippen molar-refractivity contribution in [3.05, 3.63) is 70.9 Å². The molecule has 3 aromatic rings. The van der Waals surface area contributed by atoms with E-state index in [0.29, 0.717) is 17.4 Å². The zero-order valence-electron chi connectivity index (χ0n) is 21.8. The summed E-state index contributed by atoms with van der Waals surface area (Å²) in [6.45, 7) is 10.7. The van der Waals surface area contributed by atoms with E-state index in [1.807, 2.05) is 49.4 Å².